The van der Waals surface area contributed by atoms with Crippen LogP contribution in [0.5, 0.6) is 0 Å². The van der Waals surface area contributed by atoms with Gasteiger partial charge in [0.05, 0.1) is 13.2 Å². The standard InChI is InChI=1S/C9H13F2NO2/c1-3-5-6-12-7-9(10,11)8(13)14-4-2/h1,12H,4-7H2,2H3. The van der Waals surface area contributed by atoms with Gasteiger partial charge in [-0.25, -0.2) is 4.79 Å². The Labute approximate surface area is 81.8 Å². The molecule has 0 unspecified atom stereocenters. The highest BCUT2D eigenvalue weighted by Gasteiger charge is 2.39. The van der Waals surface area contributed by atoms with Gasteiger partial charge in [0.2, 0.25) is 0 Å². The van der Waals surface area contributed by atoms with Crippen LogP contribution in [0.3, 0.4) is 0 Å². The Kier molecular flexibility index (Phi) is 5.81. The fourth-order valence-electron chi connectivity index (χ4n) is 0.715. The molecule has 0 aromatic rings. The van der Waals surface area contributed by atoms with Gasteiger partial charge in [-0.1, -0.05) is 0 Å². The van der Waals surface area contributed by atoms with Gasteiger partial charge < -0.3 is 10.1 Å². The minimum absolute atomic E-state index is 0.0568. The Hall–Kier alpha value is -1.15. The molecule has 0 atom stereocenters. The van der Waals surface area contributed by atoms with E-state index in [0.717, 1.165) is 0 Å². The number of hydrogen-bond donors (Lipinski definition) is 1. The summed E-state index contributed by atoms with van der Waals surface area (Å²) in [5, 5.41) is 2.37. The highest BCUT2D eigenvalue weighted by Crippen LogP contribution is 2.13. The number of hydrogen-bond acceptors (Lipinski definition) is 3. The van der Waals surface area contributed by atoms with Crippen molar-refractivity contribution in [2.75, 3.05) is 19.7 Å². The fourth-order valence-corrected chi connectivity index (χ4v) is 0.715. The van der Waals surface area contributed by atoms with E-state index in [1.807, 2.05) is 0 Å². The van der Waals surface area contributed by atoms with Crippen LogP contribution in [0.2, 0.25) is 0 Å². The van der Waals surface area contributed by atoms with Gasteiger partial charge in [-0.2, -0.15) is 8.78 Å². The lowest BCUT2D eigenvalue weighted by Gasteiger charge is -2.14. The monoisotopic (exact) mass is 205 g/mol. The minimum Gasteiger partial charge on any atom is -0.462 e. The molecule has 0 aliphatic heterocycles. The van der Waals surface area contributed by atoms with Crippen molar-refractivity contribution in [2.45, 2.75) is 19.3 Å². The lowest BCUT2D eigenvalue weighted by atomic mass is 10.3. The van der Waals surface area contributed by atoms with Crippen LogP contribution in [-0.4, -0.2) is 31.6 Å². The summed E-state index contributed by atoms with van der Waals surface area (Å²) in [7, 11) is 0. The maximum absolute atomic E-state index is 12.8. The van der Waals surface area contributed by atoms with Gasteiger partial charge in [0.15, 0.2) is 0 Å². The summed E-state index contributed by atoms with van der Waals surface area (Å²) < 4.78 is 29.9. The summed E-state index contributed by atoms with van der Waals surface area (Å²) in [6.45, 7) is 0.928. The van der Waals surface area contributed by atoms with E-state index in [0.29, 0.717) is 6.42 Å². The van der Waals surface area contributed by atoms with Crippen molar-refractivity contribution in [1.82, 2.24) is 5.32 Å². The molecule has 5 heteroatoms. The quantitative estimate of drug-likeness (QED) is 0.396. The average Bonchev–Trinajstić information content (AvgIpc) is 2.13. The highest BCUT2D eigenvalue weighted by molar-refractivity contribution is 5.77. The second kappa shape index (κ2) is 6.33. The van der Waals surface area contributed by atoms with Gasteiger partial charge in [0.1, 0.15) is 0 Å². The smallest absolute Gasteiger partial charge is 0.378 e. The van der Waals surface area contributed by atoms with Crippen LogP contribution in [-0.2, 0) is 9.53 Å². The largest absolute Gasteiger partial charge is 0.462 e. The van der Waals surface area contributed by atoms with Gasteiger partial charge in [-0.05, 0) is 6.92 Å². The molecule has 0 fully saturated rings. The number of nitrogens with one attached hydrogen (secondary N) is 1. The molecule has 0 aromatic heterocycles. The topological polar surface area (TPSA) is 38.3 Å². The third kappa shape index (κ3) is 4.77. The molecule has 0 rings (SSSR count). The van der Waals surface area contributed by atoms with Gasteiger partial charge in [0.25, 0.3) is 0 Å². The fraction of sp³-hybridized carbons (Fsp3) is 0.667. The molecule has 0 spiro atoms. The molecule has 0 aliphatic carbocycles. The first-order valence-electron chi connectivity index (χ1n) is 4.23. The average molecular weight is 205 g/mol. The summed E-state index contributed by atoms with van der Waals surface area (Å²) in [6, 6.07) is 0. The molecule has 0 aliphatic rings. The number of rotatable bonds is 6. The van der Waals surface area contributed by atoms with E-state index in [-0.39, 0.29) is 13.2 Å². The van der Waals surface area contributed by atoms with Gasteiger partial charge in [-0.15, -0.1) is 12.3 Å². The SMILES string of the molecule is C#CCCNCC(F)(F)C(=O)OCC. The first kappa shape index (κ1) is 12.8. The molecule has 80 valence electrons. The lowest BCUT2D eigenvalue weighted by Crippen LogP contribution is -2.41. The zero-order chi connectivity index (χ0) is 11.0. The number of ether oxygens (including phenoxy) is 1. The van der Waals surface area contributed by atoms with Crippen LogP contribution in [0.25, 0.3) is 0 Å². The molecule has 0 heterocycles. The Morgan fingerprint density at radius 2 is 2.29 bits per heavy atom. The summed E-state index contributed by atoms with van der Waals surface area (Å²) in [6.07, 6.45) is 5.26. The van der Waals surface area contributed by atoms with Crippen LogP contribution in [0.4, 0.5) is 8.78 Å². The number of carbonyl (C=O) groups excluding carboxylic acids is 1. The number of esters is 1. The molecule has 0 saturated carbocycles. The molecule has 3 nitrogen and oxygen atoms in total. The van der Waals surface area contributed by atoms with E-state index in [4.69, 9.17) is 6.42 Å². The molecular weight excluding hydrogens is 192 g/mol. The molecule has 0 aromatic carbocycles. The summed E-state index contributed by atoms with van der Waals surface area (Å²) in [5.74, 6) is -2.70. The van der Waals surface area contributed by atoms with Crippen molar-refractivity contribution >= 4 is 5.97 Å². The summed E-state index contributed by atoms with van der Waals surface area (Å²) in [5.41, 5.74) is 0. The van der Waals surface area contributed by atoms with E-state index < -0.39 is 18.4 Å². The lowest BCUT2D eigenvalue weighted by molar-refractivity contribution is -0.170. The minimum atomic E-state index is -3.48. The molecule has 0 bridgehead atoms. The van der Waals surface area contributed by atoms with E-state index in [1.54, 1.807) is 0 Å². The number of carbonyl (C=O) groups is 1. The molecule has 14 heavy (non-hydrogen) atoms. The van der Waals surface area contributed by atoms with Gasteiger partial charge in [-0.3, -0.25) is 0 Å². The number of alkyl halides is 2. The maximum Gasteiger partial charge on any atom is 0.378 e. The van der Waals surface area contributed by atoms with Crippen LogP contribution in [0.1, 0.15) is 13.3 Å². The second-order valence-electron chi connectivity index (χ2n) is 2.56. The zero-order valence-corrected chi connectivity index (χ0v) is 7.98. The van der Waals surface area contributed by atoms with Crippen molar-refractivity contribution < 1.29 is 18.3 Å². The van der Waals surface area contributed by atoms with Gasteiger partial charge >= 0.3 is 11.9 Å². The maximum atomic E-state index is 12.8. The number of halogens is 2. The zero-order valence-electron chi connectivity index (χ0n) is 7.98. The van der Waals surface area contributed by atoms with E-state index in [9.17, 15) is 13.6 Å². The third-order valence-electron chi connectivity index (χ3n) is 1.37. The van der Waals surface area contributed by atoms with Gasteiger partial charge in [0, 0.05) is 13.0 Å². The van der Waals surface area contributed by atoms with E-state index in [2.05, 4.69) is 16.0 Å². The third-order valence-corrected chi connectivity index (χ3v) is 1.37. The van der Waals surface area contributed by atoms with Crippen LogP contribution < -0.4 is 5.32 Å². The van der Waals surface area contributed by atoms with Crippen LogP contribution in [0.15, 0.2) is 0 Å². The predicted octanol–water partition coefficient (Wildman–Crippen LogP) is 0.798. The Balaban J connectivity index is 3.83. The Bertz CT molecular complexity index is 223. The van der Waals surface area contributed by atoms with Crippen LogP contribution in [0, 0.1) is 12.3 Å². The molecule has 1 N–H and O–H groups in total. The first-order valence-corrected chi connectivity index (χ1v) is 4.23. The molecule has 0 radical (unpaired) electrons. The molecule has 0 amide bonds. The van der Waals surface area contributed by atoms with E-state index in [1.165, 1.54) is 6.92 Å². The first-order chi connectivity index (χ1) is 6.54. The molecular formula is C9H13F2NO2. The Morgan fingerprint density at radius 1 is 1.64 bits per heavy atom. The van der Waals surface area contributed by atoms with Crippen molar-refractivity contribution in [3.63, 3.8) is 0 Å². The van der Waals surface area contributed by atoms with Crippen LogP contribution >= 0.6 is 0 Å². The predicted molar refractivity (Wildman–Crippen MR) is 47.9 cm³/mol. The molecule has 0 saturated heterocycles. The normalized spacial score (nSPS) is 10.7. The van der Waals surface area contributed by atoms with Crippen molar-refractivity contribution in [1.29, 1.82) is 0 Å². The number of terminal acetylenes is 1. The van der Waals surface area contributed by atoms with Crippen molar-refractivity contribution in [2.24, 2.45) is 0 Å². The van der Waals surface area contributed by atoms with Crippen molar-refractivity contribution in [3.8, 4) is 12.3 Å². The summed E-state index contributed by atoms with van der Waals surface area (Å²) in [4.78, 5) is 10.7. The second-order valence-corrected chi connectivity index (χ2v) is 2.56. The van der Waals surface area contributed by atoms with E-state index >= 15 is 0 Å². The summed E-state index contributed by atoms with van der Waals surface area (Å²) >= 11 is 0. The Morgan fingerprint density at radius 3 is 2.79 bits per heavy atom. The van der Waals surface area contributed by atoms with Crippen molar-refractivity contribution in [3.05, 3.63) is 0 Å². The highest BCUT2D eigenvalue weighted by atomic mass is 19.3.